The van der Waals surface area contributed by atoms with E-state index in [-0.39, 0.29) is 15.0 Å². The molecular formula is C3H10O6P2. The van der Waals surface area contributed by atoms with Gasteiger partial charge in [0.2, 0.25) is 0 Å². The van der Waals surface area contributed by atoms with Crippen molar-refractivity contribution in [2.75, 3.05) is 19.4 Å². The molecule has 0 heterocycles. The van der Waals surface area contributed by atoms with E-state index in [0.717, 1.165) is 7.11 Å². The highest BCUT2D eigenvalue weighted by molar-refractivity contribution is 7.53. The molecule has 2 N–H and O–H groups in total. The van der Waals surface area contributed by atoms with Gasteiger partial charge < -0.3 is 9.42 Å². The molecule has 0 aromatic carbocycles. The minimum Gasteiger partial charge on any atom is -0.324 e. The molecule has 0 spiro atoms. The second kappa shape index (κ2) is 6.03. The molecule has 0 rings (SSSR count). The first-order valence-corrected chi connectivity index (χ1v) is 5.57. The van der Waals surface area contributed by atoms with Crippen molar-refractivity contribution in [2.45, 2.75) is 0 Å². The molecule has 8 heteroatoms. The summed E-state index contributed by atoms with van der Waals surface area (Å²) < 4.78 is 19.1. The molecule has 6 nitrogen and oxygen atoms in total. The van der Waals surface area contributed by atoms with E-state index in [1.807, 2.05) is 0 Å². The lowest BCUT2D eigenvalue weighted by molar-refractivity contribution is -0.435. The largest absolute Gasteiger partial charge is 0.328 e. The van der Waals surface area contributed by atoms with Crippen LogP contribution < -0.4 is 0 Å². The summed E-state index contributed by atoms with van der Waals surface area (Å²) in [5.74, 6) is 0. The zero-order valence-corrected chi connectivity index (χ0v) is 7.78. The van der Waals surface area contributed by atoms with Gasteiger partial charge in [-0.25, -0.2) is 5.26 Å². The zero-order chi connectivity index (χ0) is 8.74. The van der Waals surface area contributed by atoms with Crippen molar-refractivity contribution in [1.29, 1.82) is 0 Å². The fraction of sp³-hybridized carbons (Fsp3) is 1.00. The van der Waals surface area contributed by atoms with Gasteiger partial charge in [0.05, 0.1) is 15.0 Å². The fourth-order valence-electron chi connectivity index (χ4n) is 0.346. The lowest BCUT2D eigenvalue weighted by Crippen LogP contribution is -1.93. The number of rotatable bonds is 6. The van der Waals surface area contributed by atoms with E-state index in [9.17, 15) is 4.57 Å². The second-order valence-corrected chi connectivity index (χ2v) is 4.64. The molecule has 0 aromatic rings. The maximum Gasteiger partial charge on any atom is 0.328 e. The van der Waals surface area contributed by atoms with Gasteiger partial charge in [-0.2, -0.15) is 4.67 Å². The third kappa shape index (κ3) is 6.84. The van der Waals surface area contributed by atoms with Crippen LogP contribution in [0.25, 0.3) is 0 Å². The molecule has 11 heavy (non-hydrogen) atoms. The van der Waals surface area contributed by atoms with Crippen LogP contribution in [0.1, 0.15) is 0 Å². The summed E-state index contributed by atoms with van der Waals surface area (Å²) in [6.45, 7) is 0. The van der Waals surface area contributed by atoms with Crippen molar-refractivity contribution in [1.82, 2.24) is 0 Å². The monoisotopic (exact) mass is 204 g/mol. The molecular weight excluding hydrogens is 194 g/mol. The van der Waals surface area contributed by atoms with Gasteiger partial charge in [0.15, 0.2) is 0 Å². The summed E-state index contributed by atoms with van der Waals surface area (Å²) in [7, 11) is -2.44. The number of hydrogen-bond acceptors (Lipinski definition) is 5. The summed E-state index contributed by atoms with van der Waals surface area (Å²) in [5, 5.41) is 11.0. The van der Waals surface area contributed by atoms with Crippen LogP contribution in [0.15, 0.2) is 0 Å². The first-order valence-electron chi connectivity index (χ1n) is 2.70. The third-order valence-electron chi connectivity index (χ3n) is 0.878. The molecule has 2 unspecified atom stereocenters. The van der Waals surface area contributed by atoms with Crippen molar-refractivity contribution in [3.8, 4) is 0 Å². The minimum atomic E-state index is -3.42. The predicted molar refractivity (Wildman–Crippen MR) is 39.7 cm³/mol. The molecule has 68 valence electrons. The quantitative estimate of drug-likeness (QED) is 0.288. The van der Waals surface area contributed by atoms with Crippen LogP contribution in [0.5, 0.6) is 0 Å². The zero-order valence-electron chi connectivity index (χ0n) is 5.89. The Morgan fingerprint density at radius 3 is 2.73 bits per heavy atom. The average Bonchev–Trinajstić information content (AvgIpc) is 1.99. The highest BCUT2D eigenvalue weighted by Crippen LogP contribution is 2.41. The highest BCUT2D eigenvalue weighted by atomic mass is 31.2. The first-order chi connectivity index (χ1) is 5.12. The lowest BCUT2D eigenvalue weighted by atomic mass is 11.0. The summed E-state index contributed by atoms with van der Waals surface area (Å²) >= 11 is 0. The van der Waals surface area contributed by atoms with Crippen molar-refractivity contribution >= 4 is 16.4 Å². The van der Waals surface area contributed by atoms with Crippen molar-refractivity contribution in [2.24, 2.45) is 0 Å². The summed E-state index contributed by atoms with van der Waals surface area (Å²) in [4.78, 5) is 8.80. The number of hydrogen-bond donors (Lipinski definition) is 2. The van der Waals surface area contributed by atoms with E-state index in [0.29, 0.717) is 6.16 Å². The first kappa shape index (κ1) is 11.5. The Morgan fingerprint density at radius 2 is 2.27 bits per heavy atom. The van der Waals surface area contributed by atoms with Crippen LogP contribution in [-0.2, 0) is 18.8 Å². The minimum absolute atomic E-state index is 0.00863. The molecule has 0 aromatic heterocycles. The molecule has 0 fully saturated rings. The van der Waals surface area contributed by atoms with E-state index < -0.39 is 7.60 Å². The van der Waals surface area contributed by atoms with E-state index in [2.05, 4.69) is 14.2 Å². The summed E-state index contributed by atoms with van der Waals surface area (Å²) in [6.07, 6.45) is 0.299. The molecule has 0 radical (unpaired) electrons. The second-order valence-electron chi connectivity index (χ2n) is 1.60. The van der Waals surface area contributed by atoms with Crippen LogP contribution in [0.3, 0.4) is 0 Å². The van der Waals surface area contributed by atoms with Gasteiger partial charge in [-0.3, -0.25) is 4.57 Å². The molecule has 2 atom stereocenters. The molecule has 0 saturated heterocycles. The Bertz CT molecular complexity index is 138. The van der Waals surface area contributed by atoms with Crippen molar-refractivity contribution in [3.63, 3.8) is 0 Å². The third-order valence-corrected chi connectivity index (χ3v) is 3.30. The lowest BCUT2D eigenvalue weighted by Gasteiger charge is -2.06. The molecule has 0 bridgehead atoms. The van der Waals surface area contributed by atoms with Crippen LogP contribution in [-0.4, -0.2) is 29.6 Å². The van der Waals surface area contributed by atoms with E-state index in [1.54, 1.807) is 0 Å². The van der Waals surface area contributed by atoms with Gasteiger partial charge in [-0.1, -0.05) is 5.04 Å². The molecule has 0 aliphatic rings. The SMILES string of the molecule is COP(=O)(O)CCPOOO. The Labute approximate surface area is 65.7 Å². The standard InChI is InChI=1S/C3H10O6P2/c1-7-11(5,6)3-2-10-9-8-4/h4,10H,2-3H2,1H3,(H,5,6). The van der Waals surface area contributed by atoms with Gasteiger partial charge in [0, 0.05) is 13.3 Å². The molecule has 0 aliphatic heterocycles. The topological polar surface area (TPSA) is 85.2 Å². The smallest absolute Gasteiger partial charge is 0.324 e. The Balaban J connectivity index is 3.31. The van der Waals surface area contributed by atoms with Gasteiger partial charge in [0.25, 0.3) is 0 Å². The van der Waals surface area contributed by atoms with E-state index in [4.69, 9.17) is 10.2 Å². The van der Waals surface area contributed by atoms with Crippen LogP contribution in [0.2, 0.25) is 0 Å². The Hall–Kier alpha value is 0.460. The Kier molecular flexibility index (Phi) is 6.28. The Morgan fingerprint density at radius 1 is 1.64 bits per heavy atom. The van der Waals surface area contributed by atoms with Gasteiger partial charge in [0.1, 0.15) is 0 Å². The van der Waals surface area contributed by atoms with Crippen molar-refractivity contribution < 1.29 is 29.0 Å². The normalized spacial score (nSPS) is 17.4. The average molecular weight is 204 g/mol. The highest BCUT2D eigenvalue weighted by Gasteiger charge is 2.15. The van der Waals surface area contributed by atoms with Gasteiger partial charge in [-0.05, 0) is 0 Å². The van der Waals surface area contributed by atoms with Crippen LogP contribution >= 0.6 is 16.4 Å². The summed E-state index contributed by atoms with van der Waals surface area (Å²) in [6, 6.07) is 0. The van der Waals surface area contributed by atoms with E-state index in [1.165, 1.54) is 0 Å². The van der Waals surface area contributed by atoms with Gasteiger partial charge in [-0.15, -0.1) is 0 Å². The van der Waals surface area contributed by atoms with Crippen molar-refractivity contribution in [3.05, 3.63) is 0 Å². The fourth-order valence-corrected chi connectivity index (χ4v) is 2.16. The molecule has 0 amide bonds. The molecule has 0 aliphatic carbocycles. The maximum atomic E-state index is 10.7. The van der Waals surface area contributed by atoms with Crippen LogP contribution in [0.4, 0.5) is 0 Å². The molecule has 0 saturated carbocycles. The predicted octanol–water partition coefficient (Wildman–Crippen LogP) is 0.833. The van der Waals surface area contributed by atoms with Crippen LogP contribution in [0, 0.1) is 0 Å². The maximum absolute atomic E-state index is 10.7. The van der Waals surface area contributed by atoms with Gasteiger partial charge >= 0.3 is 7.60 Å². The van der Waals surface area contributed by atoms with E-state index >= 15 is 0 Å². The summed E-state index contributed by atoms with van der Waals surface area (Å²) in [5.41, 5.74) is 0.